The molecule has 0 saturated heterocycles. The number of hydrogen-bond acceptors (Lipinski definition) is 4. The molecule has 0 bridgehead atoms. The number of nitrogens with two attached hydrogens (primary N) is 1. The Labute approximate surface area is 107 Å². The van der Waals surface area contributed by atoms with Gasteiger partial charge in [-0.3, -0.25) is 0 Å². The van der Waals surface area contributed by atoms with Crippen LogP contribution in [-0.4, -0.2) is 18.1 Å². The quantitative estimate of drug-likeness (QED) is 0.894. The first-order chi connectivity index (χ1) is 8.28. The Morgan fingerprint density at radius 3 is 2.88 bits per heavy atom. The molecule has 1 heterocycles. The Morgan fingerprint density at radius 2 is 2.24 bits per heavy atom. The van der Waals surface area contributed by atoms with E-state index in [0.717, 1.165) is 18.9 Å². The van der Waals surface area contributed by atoms with Gasteiger partial charge in [0.25, 0.3) is 0 Å². The highest BCUT2D eigenvalue weighted by Crippen LogP contribution is 2.37. The highest BCUT2D eigenvalue weighted by molar-refractivity contribution is 7.15. The van der Waals surface area contributed by atoms with E-state index in [4.69, 9.17) is 10.7 Å². The molecule has 1 aromatic rings. The van der Waals surface area contributed by atoms with Crippen molar-refractivity contribution in [2.75, 3.05) is 18.0 Å². The summed E-state index contributed by atoms with van der Waals surface area (Å²) in [7, 11) is 0. The average Bonchev–Trinajstić information content (AvgIpc) is 3.04. The van der Waals surface area contributed by atoms with E-state index in [2.05, 4.69) is 11.8 Å². The number of rotatable bonds is 4. The number of aromatic nitrogens is 1. The zero-order valence-corrected chi connectivity index (χ0v) is 11.3. The van der Waals surface area contributed by atoms with Crippen LogP contribution in [0, 0.1) is 5.92 Å². The van der Waals surface area contributed by atoms with E-state index in [9.17, 15) is 0 Å². The third-order valence-corrected chi connectivity index (χ3v) is 5.01. The molecule has 1 fully saturated rings. The lowest BCUT2D eigenvalue weighted by Crippen LogP contribution is -2.25. The summed E-state index contributed by atoms with van der Waals surface area (Å²) in [6, 6.07) is 0.184. The van der Waals surface area contributed by atoms with E-state index in [1.807, 2.05) is 11.3 Å². The smallest absolute Gasteiger partial charge is 0.185 e. The van der Waals surface area contributed by atoms with Crippen LogP contribution in [0.1, 0.15) is 49.2 Å². The minimum Gasteiger partial charge on any atom is -0.348 e. The van der Waals surface area contributed by atoms with Gasteiger partial charge in [0.1, 0.15) is 0 Å². The molecule has 3 nitrogen and oxygen atoms in total. The van der Waals surface area contributed by atoms with Gasteiger partial charge in [-0.15, -0.1) is 11.3 Å². The van der Waals surface area contributed by atoms with Crippen LogP contribution >= 0.6 is 11.3 Å². The van der Waals surface area contributed by atoms with Crippen molar-refractivity contribution >= 4 is 16.5 Å². The van der Waals surface area contributed by atoms with Gasteiger partial charge in [0.2, 0.25) is 0 Å². The number of nitrogens with zero attached hydrogens (tertiary/aromatic N) is 2. The van der Waals surface area contributed by atoms with E-state index in [1.165, 1.54) is 47.9 Å². The van der Waals surface area contributed by atoms with Crippen molar-refractivity contribution in [3.8, 4) is 0 Å². The summed E-state index contributed by atoms with van der Waals surface area (Å²) in [5.41, 5.74) is 7.33. The van der Waals surface area contributed by atoms with Crippen LogP contribution in [0.5, 0.6) is 0 Å². The molecule has 0 amide bonds. The zero-order chi connectivity index (χ0) is 11.8. The van der Waals surface area contributed by atoms with Gasteiger partial charge in [0, 0.05) is 24.0 Å². The average molecular weight is 251 g/mol. The fourth-order valence-electron chi connectivity index (χ4n) is 2.53. The van der Waals surface area contributed by atoms with Gasteiger partial charge in [-0.1, -0.05) is 0 Å². The maximum atomic E-state index is 6.14. The third kappa shape index (κ3) is 2.33. The molecule has 17 heavy (non-hydrogen) atoms. The summed E-state index contributed by atoms with van der Waals surface area (Å²) in [4.78, 5) is 8.68. The van der Waals surface area contributed by atoms with Crippen LogP contribution in [-0.2, 0) is 6.42 Å². The Morgan fingerprint density at radius 1 is 1.41 bits per heavy atom. The minimum atomic E-state index is 0.184. The van der Waals surface area contributed by atoms with E-state index < -0.39 is 0 Å². The summed E-state index contributed by atoms with van der Waals surface area (Å²) < 4.78 is 0. The van der Waals surface area contributed by atoms with E-state index in [0.29, 0.717) is 0 Å². The van der Waals surface area contributed by atoms with Gasteiger partial charge >= 0.3 is 0 Å². The number of aryl methyl sites for hydroxylation is 1. The Balaban J connectivity index is 1.81. The monoisotopic (exact) mass is 251 g/mol. The Bertz CT molecular complexity index is 397. The molecule has 4 heteroatoms. The highest BCUT2D eigenvalue weighted by atomic mass is 32.1. The van der Waals surface area contributed by atoms with Gasteiger partial charge in [-0.2, -0.15) is 0 Å². The molecule has 0 spiro atoms. The summed E-state index contributed by atoms with van der Waals surface area (Å²) in [5.74, 6) is 0.921. The molecule has 1 saturated carbocycles. The first-order valence-electron chi connectivity index (χ1n) is 6.78. The Kier molecular flexibility index (Phi) is 3.09. The van der Waals surface area contributed by atoms with Gasteiger partial charge in [0.15, 0.2) is 5.13 Å². The van der Waals surface area contributed by atoms with Crippen LogP contribution in [0.4, 0.5) is 5.13 Å². The lowest BCUT2D eigenvalue weighted by molar-refractivity contribution is 0.563. The van der Waals surface area contributed by atoms with Crippen LogP contribution < -0.4 is 10.6 Å². The number of fused-ring (bicyclic) bond motifs is 1. The number of thiazole rings is 1. The second-order valence-corrected chi connectivity index (χ2v) is 6.35. The van der Waals surface area contributed by atoms with Gasteiger partial charge < -0.3 is 10.6 Å². The first-order valence-corrected chi connectivity index (χ1v) is 7.59. The second kappa shape index (κ2) is 4.58. The van der Waals surface area contributed by atoms with Gasteiger partial charge in [-0.25, -0.2) is 4.98 Å². The lowest BCUT2D eigenvalue weighted by Gasteiger charge is -2.19. The Hall–Kier alpha value is -0.610. The standard InChI is InChI=1S/C13H21N3S/c1-2-16(8-9-6-7-9)13-15-12-10(14)4-3-5-11(12)17-13/h9-10H,2-8,14H2,1H3. The predicted molar refractivity (Wildman–Crippen MR) is 72.6 cm³/mol. The van der Waals surface area contributed by atoms with Gasteiger partial charge in [0.05, 0.1) is 5.69 Å². The summed E-state index contributed by atoms with van der Waals surface area (Å²) in [5, 5.41) is 1.21. The maximum absolute atomic E-state index is 6.14. The van der Waals surface area contributed by atoms with Crippen molar-refractivity contribution in [1.29, 1.82) is 0 Å². The molecule has 2 N–H and O–H groups in total. The normalized spacial score (nSPS) is 23.5. The molecular formula is C13H21N3S. The second-order valence-electron chi connectivity index (χ2n) is 5.29. The van der Waals surface area contributed by atoms with E-state index in [-0.39, 0.29) is 6.04 Å². The molecule has 94 valence electrons. The molecule has 0 aromatic carbocycles. The summed E-state index contributed by atoms with van der Waals surface area (Å²) in [6.07, 6.45) is 6.32. The van der Waals surface area contributed by atoms with Crippen molar-refractivity contribution in [2.45, 2.75) is 45.1 Å². The fourth-order valence-corrected chi connectivity index (χ4v) is 3.77. The van der Waals surface area contributed by atoms with Crippen LogP contribution in [0.25, 0.3) is 0 Å². The molecule has 1 unspecified atom stereocenters. The third-order valence-electron chi connectivity index (χ3n) is 3.81. The van der Waals surface area contributed by atoms with Crippen molar-refractivity contribution in [3.63, 3.8) is 0 Å². The molecule has 3 rings (SSSR count). The topological polar surface area (TPSA) is 42.2 Å². The van der Waals surface area contributed by atoms with Crippen LogP contribution in [0.2, 0.25) is 0 Å². The lowest BCUT2D eigenvalue weighted by atomic mass is 9.99. The van der Waals surface area contributed by atoms with E-state index in [1.54, 1.807) is 0 Å². The molecule has 2 aliphatic carbocycles. The van der Waals surface area contributed by atoms with Crippen molar-refractivity contribution in [2.24, 2.45) is 11.7 Å². The minimum absolute atomic E-state index is 0.184. The molecule has 1 atom stereocenters. The molecular weight excluding hydrogens is 230 g/mol. The van der Waals surface area contributed by atoms with Crippen LogP contribution in [0.15, 0.2) is 0 Å². The highest BCUT2D eigenvalue weighted by Gasteiger charge is 2.27. The fraction of sp³-hybridized carbons (Fsp3) is 0.769. The molecule has 1 aromatic heterocycles. The van der Waals surface area contributed by atoms with Gasteiger partial charge in [-0.05, 0) is 44.9 Å². The van der Waals surface area contributed by atoms with Crippen molar-refractivity contribution in [3.05, 3.63) is 10.6 Å². The summed E-state index contributed by atoms with van der Waals surface area (Å²) >= 11 is 1.88. The summed E-state index contributed by atoms with van der Waals surface area (Å²) in [6.45, 7) is 4.49. The molecule has 0 aliphatic heterocycles. The number of hydrogen-bond donors (Lipinski definition) is 1. The van der Waals surface area contributed by atoms with Crippen LogP contribution in [0.3, 0.4) is 0 Å². The predicted octanol–water partition coefficient (Wildman–Crippen LogP) is 2.72. The van der Waals surface area contributed by atoms with Crippen molar-refractivity contribution < 1.29 is 0 Å². The van der Waals surface area contributed by atoms with E-state index >= 15 is 0 Å². The maximum Gasteiger partial charge on any atom is 0.185 e. The number of anilines is 1. The molecule has 0 radical (unpaired) electrons. The first kappa shape index (κ1) is 11.5. The molecule has 2 aliphatic rings. The SMILES string of the molecule is CCN(CC1CC1)c1nc2c(s1)CCCC2N. The largest absolute Gasteiger partial charge is 0.348 e. The van der Waals surface area contributed by atoms with Crippen molar-refractivity contribution in [1.82, 2.24) is 4.98 Å². The zero-order valence-electron chi connectivity index (χ0n) is 10.5.